The third-order valence-electron chi connectivity index (χ3n) is 1.04. The minimum Gasteiger partial charge on any atom is -0.548 e. The van der Waals surface area contributed by atoms with Crippen molar-refractivity contribution in [3.8, 4) is 0 Å². The maximum atomic E-state index is 9.99. The van der Waals surface area contributed by atoms with Crippen LogP contribution in [0, 0.1) is 0 Å². The van der Waals surface area contributed by atoms with Crippen LogP contribution in [0.15, 0.2) is 0 Å². The molecule has 48 valence electrons. The van der Waals surface area contributed by atoms with Crippen molar-refractivity contribution in [1.29, 1.82) is 0 Å². The van der Waals surface area contributed by atoms with Gasteiger partial charge in [0, 0.05) is 6.04 Å². The first kappa shape index (κ1) is 7.43. The van der Waals surface area contributed by atoms with Crippen LogP contribution >= 0.6 is 0 Å². The number of likely N-dealkylation sites (N-methyl/N-ethyl adjacent to an activating group) is 1. The summed E-state index contributed by atoms with van der Waals surface area (Å²) in [6, 6.07) is -0.491. The third kappa shape index (κ3) is 1.93. The molecule has 0 fully saturated rings. The Balaban J connectivity index is 3.52. The van der Waals surface area contributed by atoms with Crippen LogP contribution in [0.5, 0.6) is 0 Å². The molecule has 0 bridgehead atoms. The lowest BCUT2D eigenvalue weighted by Gasteiger charge is -2.13. The van der Waals surface area contributed by atoms with Gasteiger partial charge in [-0.15, -0.1) is 0 Å². The van der Waals surface area contributed by atoms with Crippen molar-refractivity contribution in [2.45, 2.75) is 19.4 Å². The molecule has 0 aliphatic carbocycles. The number of nitrogens with one attached hydrogen (secondary N) is 1. The van der Waals surface area contributed by atoms with E-state index < -0.39 is 12.0 Å². The van der Waals surface area contributed by atoms with E-state index in [0.717, 1.165) is 0 Å². The zero-order valence-electron chi connectivity index (χ0n) is 5.10. The van der Waals surface area contributed by atoms with E-state index in [-0.39, 0.29) is 0 Å². The number of aliphatic carboxylic acids is 1. The number of carboxylic acid groups (broad SMARTS) is 1. The van der Waals surface area contributed by atoms with E-state index in [2.05, 4.69) is 5.32 Å². The fourth-order valence-corrected chi connectivity index (χ4v) is 0.489. The average molecular weight is 116 g/mol. The molecule has 1 N–H and O–H groups in total. The van der Waals surface area contributed by atoms with Gasteiger partial charge in [0.1, 0.15) is 0 Å². The SMILES string of the molecule is CCC(NC)C(=O)[O-]. The summed E-state index contributed by atoms with van der Waals surface area (Å²) >= 11 is 0. The second kappa shape index (κ2) is 3.43. The normalized spacial score (nSPS) is 13.2. The van der Waals surface area contributed by atoms with E-state index in [4.69, 9.17) is 0 Å². The molecule has 0 rings (SSSR count). The van der Waals surface area contributed by atoms with Crippen molar-refractivity contribution in [3.63, 3.8) is 0 Å². The van der Waals surface area contributed by atoms with E-state index in [1.165, 1.54) is 0 Å². The van der Waals surface area contributed by atoms with Gasteiger partial charge < -0.3 is 15.2 Å². The Morgan fingerprint density at radius 3 is 2.38 bits per heavy atom. The van der Waals surface area contributed by atoms with Gasteiger partial charge in [-0.2, -0.15) is 0 Å². The van der Waals surface area contributed by atoms with Gasteiger partial charge in [0.2, 0.25) is 0 Å². The highest BCUT2D eigenvalue weighted by Gasteiger charge is 2.00. The summed E-state index contributed by atoms with van der Waals surface area (Å²) in [6.45, 7) is 1.79. The molecule has 0 heterocycles. The van der Waals surface area contributed by atoms with Crippen LogP contribution in [-0.4, -0.2) is 19.1 Å². The van der Waals surface area contributed by atoms with E-state index in [1.807, 2.05) is 0 Å². The Morgan fingerprint density at radius 1 is 1.88 bits per heavy atom. The number of hydrogen-bond donors (Lipinski definition) is 1. The molecule has 0 aromatic heterocycles. The standard InChI is InChI=1S/C5H11NO2/c1-3-4(6-2)5(7)8/h4,6H,3H2,1-2H3,(H,7,8)/p-1. The van der Waals surface area contributed by atoms with Crippen molar-refractivity contribution in [1.82, 2.24) is 5.32 Å². The van der Waals surface area contributed by atoms with Gasteiger partial charge in [0.25, 0.3) is 0 Å². The summed E-state index contributed by atoms with van der Waals surface area (Å²) in [5, 5.41) is 12.6. The lowest BCUT2D eigenvalue weighted by Crippen LogP contribution is -2.43. The Labute approximate surface area is 48.7 Å². The quantitative estimate of drug-likeness (QED) is 0.500. The molecule has 0 aliphatic rings. The smallest absolute Gasteiger partial charge is 0.0584 e. The molecule has 0 radical (unpaired) electrons. The number of hydrogen-bond acceptors (Lipinski definition) is 3. The largest absolute Gasteiger partial charge is 0.548 e. The number of carbonyl (C=O) groups is 1. The fraction of sp³-hybridized carbons (Fsp3) is 0.800. The van der Waals surface area contributed by atoms with Crippen LogP contribution < -0.4 is 10.4 Å². The van der Waals surface area contributed by atoms with Crippen LogP contribution in [0.2, 0.25) is 0 Å². The van der Waals surface area contributed by atoms with Crippen LogP contribution in [0.25, 0.3) is 0 Å². The lowest BCUT2D eigenvalue weighted by atomic mass is 10.2. The van der Waals surface area contributed by atoms with Crippen molar-refractivity contribution < 1.29 is 9.90 Å². The van der Waals surface area contributed by atoms with Gasteiger partial charge in [-0.1, -0.05) is 6.92 Å². The molecule has 0 saturated heterocycles. The van der Waals surface area contributed by atoms with Gasteiger partial charge in [0.15, 0.2) is 0 Å². The minimum absolute atomic E-state index is 0.491. The van der Waals surface area contributed by atoms with Gasteiger partial charge in [-0.05, 0) is 13.5 Å². The zero-order valence-corrected chi connectivity index (χ0v) is 5.10. The second-order valence-electron chi connectivity index (χ2n) is 1.57. The van der Waals surface area contributed by atoms with E-state index in [0.29, 0.717) is 6.42 Å². The average Bonchev–Trinajstić information content (AvgIpc) is 1.69. The molecule has 0 amide bonds. The molecule has 3 nitrogen and oxygen atoms in total. The molecule has 0 aliphatic heterocycles. The maximum absolute atomic E-state index is 9.99. The minimum atomic E-state index is -1.03. The lowest BCUT2D eigenvalue weighted by molar-refractivity contribution is -0.308. The van der Waals surface area contributed by atoms with Gasteiger partial charge in [-0.25, -0.2) is 0 Å². The maximum Gasteiger partial charge on any atom is 0.0584 e. The first-order valence-corrected chi connectivity index (χ1v) is 2.60. The molecule has 0 spiro atoms. The van der Waals surface area contributed by atoms with Crippen LogP contribution in [-0.2, 0) is 4.79 Å². The summed E-state index contributed by atoms with van der Waals surface area (Å²) in [5.41, 5.74) is 0. The molecule has 0 aromatic rings. The number of carboxylic acids is 1. The Kier molecular flexibility index (Phi) is 3.19. The summed E-state index contributed by atoms with van der Waals surface area (Å²) in [7, 11) is 1.60. The van der Waals surface area contributed by atoms with E-state index in [1.54, 1.807) is 14.0 Å². The van der Waals surface area contributed by atoms with Crippen LogP contribution in [0.3, 0.4) is 0 Å². The highest BCUT2D eigenvalue weighted by molar-refractivity contribution is 5.70. The van der Waals surface area contributed by atoms with Gasteiger partial charge in [-0.3, -0.25) is 0 Å². The molecule has 0 saturated carbocycles. The molecular formula is C5H10NO2-. The zero-order chi connectivity index (χ0) is 6.57. The third-order valence-corrected chi connectivity index (χ3v) is 1.04. The van der Waals surface area contributed by atoms with Gasteiger partial charge >= 0.3 is 0 Å². The Bertz CT molecular complexity index is 78.5. The van der Waals surface area contributed by atoms with Crippen molar-refractivity contribution in [3.05, 3.63) is 0 Å². The number of carbonyl (C=O) groups excluding carboxylic acids is 1. The monoisotopic (exact) mass is 116 g/mol. The highest BCUT2D eigenvalue weighted by Crippen LogP contribution is 1.84. The first-order valence-electron chi connectivity index (χ1n) is 2.60. The predicted octanol–water partition coefficient (Wildman–Crippen LogP) is -1.27. The Morgan fingerprint density at radius 2 is 2.38 bits per heavy atom. The molecule has 8 heavy (non-hydrogen) atoms. The van der Waals surface area contributed by atoms with Crippen LogP contribution in [0.4, 0.5) is 0 Å². The summed E-state index contributed by atoms with van der Waals surface area (Å²) in [4.78, 5) is 9.99. The van der Waals surface area contributed by atoms with Crippen molar-refractivity contribution >= 4 is 5.97 Å². The summed E-state index contributed by atoms with van der Waals surface area (Å²) in [6.07, 6.45) is 0.568. The van der Waals surface area contributed by atoms with E-state index in [9.17, 15) is 9.90 Å². The molecule has 0 aromatic carbocycles. The first-order chi connectivity index (χ1) is 3.72. The van der Waals surface area contributed by atoms with Crippen LogP contribution in [0.1, 0.15) is 13.3 Å². The number of rotatable bonds is 3. The van der Waals surface area contributed by atoms with Crippen molar-refractivity contribution in [2.75, 3.05) is 7.05 Å². The molecule has 3 heteroatoms. The van der Waals surface area contributed by atoms with Crippen molar-refractivity contribution in [2.24, 2.45) is 0 Å². The second-order valence-corrected chi connectivity index (χ2v) is 1.57. The summed E-state index contributed by atoms with van der Waals surface area (Å²) in [5.74, 6) is -1.03. The predicted molar refractivity (Wildman–Crippen MR) is 28.1 cm³/mol. The van der Waals surface area contributed by atoms with Gasteiger partial charge in [0.05, 0.1) is 5.97 Å². The van der Waals surface area contributed by atoms with E-state index >= 15 is 0 Å². The summed E-state index contributed by atoms with van der Waals surface area (Å²) < 4.78 is 0. The highest BCUT2D eigenvalue weighted by atomic mass is 16.4. The molecule has 1 atom stereocenters. The molecule has 1 unspecified atom stereocenters. The fourth-order valence-electron chi connectivity index (χ4n) is 0.489. The topological polar surface area (TPSA) is 52.2 Å². The molecular weight excluding hydrogens is 106 g/mol. The Hall–Kier alpha value is -0.570.